The molecule has 0 radical (unpaired) electrons. The number of hydrogen-bond donors (Lipinski definition) is 1. The van der Waals surface area contributed by atoms with Crippen LogP contribution in [0.15, 0.2) is 62.4 Å². The normalized spacial score (nSPS) is 11.9. The molecule has 0 fully saturated rings. The Bertz CT molecular complexity index is 1240. The smallest absolute Gasteiger partial charge is 0.438 e. The van der Waals surface area contributed by atoms with Crippen LogP contribution in [0.2, 0.25) is 0 Å². The van der Waals surface area contributed by atoms with Crippen LogP contribution in [-0.2, 0) is 17.6 Å². The second-order valence-electron chi connectivity index (χ2n) is 7.49. The van der Waals surface area contributed by atoms with Gasteiger partial charge in [-0.25, -0.2) is 4.79 Å². The highest BCUT2D eigenvalue weighted by molar-refractivity contribution is 5.81. The maximum Gasteiger partial charge on any atom is 0.438 e. The van der Waals surface area contributed by atoms with Gasteiger partial charge in [-0.05, 0) is 48.7 Å². The first kappa shape index (κ1) is 21.2. The van der Waals surface area contributed by atoms with E-state index in [-0.39, 0.29) is 24.5 Å². The van der Waals surface area contributed by atoms with E-state index in [1.165, 1.54) is 0 Å². The number of carbonyl (C=O) groups is 1. The summed E-state index contributed by atoms with van der Waals surface area (Å²) in [5.74, 6) is 1.18. The number of methoxy groups -OCH3 is 1. The van der Waals surface area contributed by atoms with Gasteiger partial charge in [-0.2, -0.15) is 4.98 Å². The highest BCUT2D eigenvalue weighted by atomic mass is 16.5. The number of Topliss-reactive ketones (excluding diaryl/α,β-unsaturated/α-hetero) is 1. The second-order valence-corrected chi connectivity index (χ2v) is 7.49. The molecule has 2 aromatic heterocycles. The molecule has 4 aromatic rings. The van der Waals surface area contributed by atoms with Gasteiger partial charge in [0, 0.05) is 24.3 Å². The van der Waals surface area contributed by atoms with Crippen molar-refractivity contribution < 1.29 is 18.6 Å². The molecule has 2 heterocycles. The summed E-state index contributed by atoms with van der Waals surface area (Å²) >= 11 is 0. The van der Waals surface area contributed by atoms with Crippen molar-refractivity contribution in [2.75, 3.05) is 7.11 Å². The number of benzene rings is 2. The zero-order valence-corrected chi connectivity index (χ0v) is 17.7. The van der Waals surface area contributed by atoms with Crippen LogP contribution < -0.4 is 10.5 Å². The molecule has 0 saturated heterocycles. The molecule has 0 amide bonds. The first-order valence-electron chi connectivity index (χ1n) is 10.1. The molecule has 0 saturated carbocycles. The summed E-state index contributed by atoms with van der Waals surface area (Å²) in [5.41, 5.74) is 2.65. The Balaban J connectivity index is 1.45. The third kappa shape index (κ3) is 5.18. The van der Waals surface area contributed by atoms with E-state index >= 15 is 0 Å². The number of aromatic nitrogens is 4. The Morgan fingerprint density at radius 3 is 2.34 bits per heavy atom. The van der Waals surface area contributed by atoms with Crippen molar-refractivity contribution in [1.29, 1.82) is 0 Å². The third-order valence-corrected chi connectivity index (χ3v) is 5.09. The quantitative estimate of drug-likeness (QED) is 0.426. The molecule has 0 aliphatic carbocycles. The number of ketones is 1. The number of carbonyl (C=O) groups excluding carboxylic acids is 1. The number of aryl methyl sites for hydroxylation is 1. The number of nitrogens with zero attached hydrogens (tertiary/aromatic N) is 3. The maximum absolute atomic E-state index is 12.8. The molecule has 9 heteroatoms. The minimum absolute atomic E-state index is 0.0220. The van der Waals surface area contributed by atoms with Gasteiger partial charge in [-0.3, -0.25) is 14.3 Å². The topological polar surface area (TPSA) is 124 Å². The fourth-order valence-corrected chi connectivity index (χ4v) is 3.48. The van der Waals surface area contributed by atoms with Gasteiger partial charge in [0.05, 0.1) is 7.11 Å². The lowest BCUT2D eigenvalue weighted by Crippen LogP contribution is -2.14. The molecule has 1 unspecified atom stereocenters. The average Bonchev–Trinajstić information content (AvgIpc) is 3.42. The Labute approximate surface area is 183 Å². The van der Waals surface area contributed by atoms with Gasteiger partial charge in [0.2, 0.25) is 0 Å². The average molecular weight is 434 g/mol. The third-order valence-electron chi connectivity index (χ3n) is 5.09. The van der Waals surface area contributed by atoms with Crippen LogP contribution in [0, 0.1) is 6.92 Å². The Kier molecular flexibility index (Phi) is 6.25. The molecule has 1 N–H and O–H groups in total. The zero-order valence-electron chi connectivity index (χ0n) is 17.7. The highest BCUT2D eigenvalue weighted by Gasteiger charge is 2.21. The lowest BCUT2D eigenvalue weighted by Gasteiger charge is -2.13. The van der Waals surface area contributed by atoms with Gasteiger partial charge in [-0.15, -0.1) is 0 Å². The van der Waals surface area contributed by atoms with Crippen LogP contribution in [0.1, 0.15) is 35.1 Å². The molecule has 0 spiro atoms. The number of H-pyrrole nitrogens is 1. The number of aromatic amines is 1. The van der Waals surface area contributed by atoms with Crippen molar-refractivity contribution in [2.45, 2.75) is 32.1 Å². The first-order chi connectivity index (χ1) is 15.5. The summed E-state index contributed by atoms with van der Waals surface area (Å²) in [5, 5.41) is 7.60. The van der Waals surface area contributed by atoms with E-state index in [9.17, 15) is 9.59 Å². The molecule has 32 heavy (non-hydrogen) atoms. The molecule has 4 rings (SSSR count). The molecule has 0 aliphatic heterocycles. The monoisotopic (exact) mass is 434 g/mol. The fraction of sp³-hybridized carbons (Fsp3) is 0.261. The van der Waals surface area contributed by atoms with Crippen molar-refractivity contribution in [3.8, 4) is 17.2 Å². The minimum Gasteiger partial charge on any atom is -0.497 e. The van der Waals surface area contributed by atoms with Gasteiger partial charge >= 0.3 is 5.76 Å². The van der Waals surface area contributed by atoms with E-state index in [2.05, 4.69) is 24.8 Å². The SMILES string of the molecule is COc1ccc(CC(CC(=O)Cc2ccc(-c3nc(C)no3)cc2)c2noc(=O)[nH]2)cc1. The maximum atomic E-state index is 12.8. The number of rotatable bonds is 9. The first-order valence-corrected chi connectivity index (χ1v) is 10.1. The van der Waals surface area contributed by atoms with Gasteiger partial charge < -0.3 is 9.26 Å². The number of hydrogen-bond acceptors (Lipinski definition) is 8. The molecular formula is C23H22N4O5. The highest BCUT2D eigenvalue weighted by Crippen LogP contribution is 2.24. The molecule has 0 aliphatic rings. The predicted molar refractivity (Wildman–Crippen MR) is 114 cm³/mol. The standard InChI is InChI=1S/C23H22N4O5/c1-14-24-22(31-26-14)17-7-3-16(4-8-17)12-19(28)13-18(21-25-23(29)32-27-21)11-15-5-9-20(30-2)10-6-15/h3-10,18H,11-13H2,1-2H3,(H,25,27,29). The summed E-state index contributed by atoms with van der Waals surface area (Å²) in [6.07, 6.45) is 0.983. The van der Waals surface area contributed by atoms with Crippen LogP contribution in [0.5, 0.6) is 5.75 Å². The van der Waals surface area contributed by atoms with E-state index in [1.807, 2.05) is 48.5 Å². The van der Waals surface area contributed by atoms with E-state index in [0.717, 1.165) is 22.4 Å². The molecule has 1 atom stereocenters. The van der Waals surface area contributed by atoms with E-state index < -0.39 is 5.76 Å². The zero-order chi connectivity index (χ0) is 22.5. The van der Waals surface area contributed by atoms with Crippen LogP contribution >= 0.6 is 0 Å². The lowest BCUT2D eigenvalue weighted by molar-refractivity contribution is -0.118. The van der Waals surface area contributed by atoms with Crippen LogP contribution in [0.25, 0.3) is 11.5 Å². The summed E-state index contributed by atoms with van der Waals surface area (Å²) in [6, 6.07) is 15.0. The second kappa shape index (κ2) is 9.42. The fourth-order valence-electron chi connectivity index (χ4n) is 3.48. The van der Waals surface area contributed by atoms with Gasteiger partial charge in [-0.1, -0.05) is 34.6 Å². The summed E-state index contributed by atoms with van der Waals surface area (Å²) in [6.45, 7) is 1.75. The van der Waals surface area contributed by atoms with Crippen LogP contribution in [-0.4, -0.2) is 33.2 Å². The van der Waals surface area contributed by atoms with Crippen molar-refractivity contribution in [2.24, 2.45) is 0 Å². The number of ether oxygens (including phenoxy) is 1. The van der Waals surface area contributed by atoms with Gasteiger partial charge in [0.15, 0.2) is 11.6 Å². The summed E-state index contributed by atoms with van der Waals surface area (Å²) in [7, 11) is 1.60. The summed E-state index contributed by atoms with van der Waals surface area (Å²) < 4.78 is 15.0. The Morgan fingerprint density at radius 1 is 1.03 bits per heavy atom. The molecule has 9 nitrogen and oxygen atoms in total. The molecule has 2 aromatic carbocycles. The molecular weight excluding hydrogens is 412 g/mol. The van der Waals surface area contributed by atoms with Crippen LogP contribution in [0.4, 0.5) is 0 Å². The predicted octanol–water partition coefficient (Wildman–Crippen LogP) is 3.26. The summed E-state index contributed by atoms with van der Waals surface area (Å²) in [4.78, 5) is 31.1. The van der Waals surface area contributed by atoms with Crippen molar-refractivity contribution in [3.05, 3.63) is 81.9 Å². The Morgan fingerprint density at radius 2 is 1.75 bits per heavy atom. The van der Waals surface area contributed by atoms with Crippen molar-refractivity contribution in [3.63, 3.8) is 0 Å². The lowest BCUT2D eigenvalue weighted by atomic mass is 9.91. The van der Waals surface area contributed by atoms with Crippen molar-refractivity contribution >= 4 is 5.78 Å². The largest absolute Gasteiger partial charge is 0.497 e. The van der Waals surface area contributed by atoms with Crippen molar-refractivity contribution in [1.82, 2.24) is 20.3 Å². The minimum atomic E-state index is -0.640. The van der Waals surface area contributed by atoms with Gasteiger partial charge in [0.25, 0.3) is 5.89 Å². The van der Waals surface area contributed by atoms with E-state index in [0.29, 0.717) is 24.0 Å². The van der Waals surface area contributed by atoms with E-state index in [1.54, 1.807) is 14.0 Å². The van der Waals surface area contributed by atoms with Crippen LogP contribution in [0.3, 0.4) is 0 Å². The van der Waals surface area contributed by atoms with E-state index in [4.69, 9.17) is 9.26 Å². The molecule has 0 bridgehead atoms. The molecule has 164 valence electrons. The number of nitrogens with one attached hydrogen (secondary N) is 1. The van der Waals surface area contributed by atoms with Gasteiger partial charge in [0.1, 0.15) is 11.5 Å². The Hall–Kier alpha value is -4.01.